The molecule has 1 aliphatic rings. The summed E-state index contributed by atoms with van der Waals surface area (Å²) in [7, 11) is 0. The van der Waals surface area contributed by atoms with Gasteiger partial charge in [0.1, 0.15) is 10.8 Å². The van der Waals surface area contributed by atoms with Crippen LogP contribution in [0, 0.1) is 0 Å². The average molecular weight is 362 g/mol. The summed E-state index contributed by atoms with van der Waals surface area (Å²) in [5.41, 5.74) is 0. The first-order chi connectivity index (χ1) is 11.7. The topological polar surface area (TPSA) is 78.9 Å². The molecule has 1 fully saturated rings. The van der Waals surface area contributed by atoms with Gasteiger partial charge in [0.2, 0.25) is 5.95 Å². The van der Waals surface area contributed by atoms with Crippen LogP contribution in [0.25, 0.3) is 0 Å². The Bertz CT molecular complexity index is 689. The lowest BCUT2D eigenvalue weighted by atomic mass is 10.4. The molecule has 1 saturated heterocycles. The fraction of sp³-hybridized carbons (Fsp3) is 0.400. The molecule has 2 N–H and O–H groups in total. The Labute approximate surface area is 150 Å². The largest absolute Gasteiger partial charge is 0.363 e. The van der Waals surface area contributed by atoms with E-state index in [9.17, 15) is 0 Å². The van der Waals surface area contributed by atoms with Gasteiger partial charge in [0.25, 0.3) is 0 Å². The summed E-state index contributed by atoms with van der Waals surface area (Å²) < 4.78 is 0. The number of nitrogens with zero attached hydrogens (tertiary/aromatic N) is 5. The van der Waals surface area contributed by atoms with Gasteiger partial charge in [-0.3, -0.25) is 0 Å². The fourth-order valence-corrected chi connectivity index (χ4v) is 3.31. The maximum atomic E-state index is 5.24. The summed E-state index contributed by atoms with van der Waals surface area (Å²) in [4.78, 5) is 19.9. The van der Waals surface area contributed by atoms with Gasteiger partial charge in [-0.15, -0.1) is 0 Å². The predicted molar refractivity (Wildman–Crippen MR) is 99.5 cm³/mol. The SMILES string of the molecule is CCNC(=S)Nc1nc(Sc2ncccn2)cc(N2CCCC2)n1. The molecular weight excluding hydrogens is 342 g/mol. The lowest BCUT2D eigenvalue weighted by Crippen LogP contribution is -2.29. The van der Waals surface area contributed by atoms with E-state index in [1.807, 2.05) is 13.0 Å². The molecule has 3 heterocycles. The molecule has 2 aromatic heterocycles. The second-order valence-electron chi connectivity index (χ2n) is 5.20. The first-order valence-corrected chi connectivity index (χ1v) is 9.11. The minimum absolute atomic E-state index is 0.490. The van der Waals surface area contributed by atoms with Crippen LogP contribution in [0.3, 0.4) is 0 Å². The zero-order chi connectivity index (χ0) is 16.8. The van der Waals surface area contributed by atoms with Crippen LogP contribution in [-0.2, 0) is 0 Å². The molecule has 7 nitrogen and oxygen atoms in total. The molecule has 24 heavy (non-hydrogen) atoms. The summed E-state index contributed by atoms with van der Waals surface area (Å²) in [5.74, 6) is 1.39. The van der Waals surface area contributed by atoms with Crippen LogP contribution in [0.15, 0.2) is 34.7 Å². The second kappa shape index (κ2) is 8.20. The molecule has 9 heteroatoms. The Kier molecular flexibility index (Phi) is 5.76. The number of rotatable bonds is 5. The molecule has 0 amide bonds. The standard InChI is InChI=1S/C15H19N7S2/c1-2-16-14(23)21-13-19-11(22-8-3-4-9-22)10-12(20-13)24-15-17-6-5-7-18-15/h5-7,10H,2-4,8-9H2,1H3,(H2,16,19,20,21,23). The first-order valence-electron chi connectivity index (χ1n) is 7.88. The molecule has 0 aliphatic carbocycles. The second-order valence-corrected chi connectivity index (χ2v) is 6.60. The van der Waals surface area contributed by atoms with Gasteiger partial charge in [0, 0.05) is 38.1 Å². The van der Waals surface area contributed by atoms with Crippen LogP contribution in [0.2, 0.25) is 0 Å². The van der Waals surface area contributed by atoms with E-state index in [0.717, 1.165) is 30.5 Å². The van der Waals surface area contributed by atoms with Crippen LogP contribution in [-0.4, -0.2) is 44.7 Å². The lowest BCUT2D eigenvalue weighted by molar-refractivity contribution is 0.906. The van der Waals surface area contributed by atoms with Crippen LogP contribution in [0.5, 0.6) is 0 Å². The molecule has 0 unspecified atom stereocenters. The molecule has 1 aliphatic heterocycles. The highest BCUT2D eigenvalue weighted by Gasteiger charge is 2.17. The Balaban J connectivity index is 1.85. The predicted octanol–water partition coefficient (Wildman–Crippen LogP) is 2.32. The first kappa shape index (κ1) is 16.8. The van der Waals surface area contributed by atoms with Gasteiger partial charge >= 0.3 is 0 Å². The molecule has 0 aromatic carbocycles. The smallest absolute Gasteiger partial charge is 0.232 e. The van der Waals surface area contributed by atoms with E-state index >= 15 is 0 Å². The Morgan fingerprint density at radius 1 is 1.25 bits per heavy atom. The van der Waals surface area contributed by atoms with Gasteiger partial charge in [-0.25, -0.2) is 15.0 Å². The van der Waals surface area contributed by atoms with Gasteiger partial charge in [-0.2, -0.15) is 4.98 Å². The van der Waals surface area contributed by atoms with Crippen LogP contribution in [0.1, 0.15) is 19.8 Å². The van der Waals surface area contributed by atoms with Crippen molar-refractivity contribution in [2.75, 3.05) is 29.9 Å². The van der Waals surface area contributed by atoms with Crippen LogP contribution >= 0.6 is 24.0 Å². The minimum atomic E-state index is 0.490. The molecule has 3 rings (SSSR count). The fourth-order valence-electron chi connectivity index (χ4n) is 2.37. The summed E-state index contributed by atoms with van der Waals surface area (Å²) in [6, 6.07) is 3.77. The maximum Gasteiger partial charge on any atom is 0.232 e. The van der Waals surface area contributed by atoms with Crippen LogP contribution < -0.4 is 15.5 Å². The summed E-state index contributed by atoms with van der Waals surface area (Å²) in [6.45, 7) is 4.76. The monoisotopic (exact) mass is 361 g/mol. The third-order valence-electron chi connectivity index (χ3n) is 3.42. The highest BCUT2D eigenvalue weighted by Crippen LogP contribution is 2.28. The van der Waals surface area contributed by atoms with Gasteiger partial charge in [0.15, 0.2) is 10.3 Å². The Morgan fingerprint density at radius 2 is 2.00 bits per heavy atom. The molecule has 0 spiro atoms. The van der Waals surface area contributed by atoms with Gasteiger partial charge in [-0.05, 0) is 49.8 Å². The highest BCUT2D eigenvalue weighted by molar-refractivity contribution is 7.99. The third-order valence-corrected chi connectivity index (χ3v) is 4.48. The zero-order valence-corrected chi connectivity index (χ0v) is 15.0. The van der Waals surface area contributed by atoms with Gasteiger partial charge < -0.3 is 15.5 Å². The number of hydrogen-bond acceptors (Lipinski definition) is 7. The van der Waals surface area contributed by atoms with Crippen molar-refractivity contribution in [3.8, 4) is 0 Å². The molecular formula is C15H19N7S2. The lowest BCUT2D eigenvalue weighted by Gasteiger charge is -2.18. The summed E-state index contributed by atoms with van der Waals surface area (Å²) in [6.07, 6.45) is 5.81. The van der Waals surface area contributed by atoms with E-state index < -0.39 is 0 Å². The molecule has 0 radical (unpaired) electrons. The quantitative estimate of drug-likeness (QED) is 0.474. The van der Waals surface area contributed by atoms with E-state index in [2.05, 4.69) is 35.5 Å². The van der Waals surface area contributed by atoms with Crippen molar-refractivity contribution < 1.29 is 0 Å². The zero-order valence-electron chi connectivity index (χ0n) is 13.4. The van der Waals surface area contributed by atoms with E-state index in [0.29, 0.717) is 16.2 Å². The maximum absolute atomic E-state index is 5.24. The van der Waals surface area contributed by atoms with Gasteiger partial charge in [-0.1, -0.05) is 0 Å². The Hall–Kier alpha value is -2.00. The molecule has 0 atom stereocenters. The molecule has 0 saturated carbocycles. The number of thiocarbonyl (C=S) groups is 1. The van der Waals surface area contributed by atoms with Crippen LogP contribution in [0.4, 0.5) is 11.8 Å². The minimum Gasteiger partial charge on any atom is -0.363 e. The normalized spacial score (nSPS) is 13.8. The molecule has 0 bridgehead atoms. The third kappa shape index (κ3) is 4.51. The van der Waals surface area contributed by atoms with Crippen molar-refractivity contribution in [2.45, 2.75) is 29.9 Å². The van der Waals surface area contributed by atoms with Crippen molar-refractivity contribution in [3.63, 3.8) is 0 Å². The van der Waals surface area contributed by atoms with E-state index in [-0.39, 0.29) is 0 Å². The summed E-state index contributed by atoms with van der Waals surface area (Å²) >= 11 is 6.65. The Morgan fingerprint density at radius 3 is 2.71 bits per heavy atom. The number of aromatic nitrogens is 4. The summed E-state index contributed by atoms with van der Waals surface area (Å²) in [5, 5.41) is 8.06. The van der Waals surface area contributed by atoms with Crippen molar-refractivity contribution in [1.82, 2.24) is 25.3 Å². The van der Waals surface area contributed by atoms with Crippen molar-refractivity contribution in [2.24, 2.45) is 0 Å². The van der Waals surface area contributed by atoms with E-state index in [1.54, 1.807) is 18.5 Å². The highest BCUT2D eigenvalue weighted by atomic mass is 32.2. The van der Waals surface area contributed by atoms with Crippen molar-refractivity contribution in [3.05, 3.63) is 24.5 Å². The van der Waals surface area contributed by atoms with Crippen molar-refractivity contribution >= 4 is 40.9 Å². The average Bonchev–Trinajstić information content (AvgIpc) is 3.10. The van der Waals surface area contributed by atoms with E-state index in [4.69, 9.17) is 12.2 Å². The number of nitrogens with one attached hydrogen (secondary N) is 2. The molecule has 126 valence electrons. The number of hydrogen-bond donors (Lipinski definition) is 2. The van der Waals surface area contributed by atoms with Gasteiger partial charge in [0.05, 0.1) is 0 Å². The van der Waals surface area contributed by atoms with Crippen molar-refractivity contribution in [1.29, 1.82) is 0 Å². The number of anilines is 2. The molecule has 2 aromatic rings. The van der Waals surface area contributed by atoms with E-state index in [1.165, 1.54) is 24.6 Å².